The molecule has 1 aliphatic rings. The third-order valence-electron chi connectivity index (χ3n) is 6.33. The number of nitrogens with one attached hydrogen (secondary N) is 2. The lowest BCUT2D eigenvalue weighted by Crippen LogP contribution is -2.42. The molecule has 0 saturated carbocycles. The highest BCUT2D eigenvalue weighted by atomic mass is 32.2. The van der Waals surface area contributed by atoms with Crippen molar-refractivity contribution in [3.05, 3.63) is 120 Å². The summed E-state index contributed by atoms with van der Waals surface area (Å²) in [6, 6.07) is 24.9. The van der Waals surface area contributed by atoms with E-state index >= 15 is 0 Å². The molecule has 1 aliphatic heterocycles. The standard InChI is InChI=1S/C31H27FN4O4S/c1-20(33-27(37)17-21-7-3-2-4-8-21)29(38)34-24-14-12-22(13-15-24)28-30(39)36(19-26-11-6-16-40-26)31(41-28)35-25-10-5-9-23(32)18-25/h2-16,18,20,28H,17,19H2,1H3,(H,33,37)(H,34,38)/t20-,28?/m1/s1. The minimum Gasteiger partial charge on any atom is -0.467 e. The van der Waals surface area contributed by atoms with Crippen LogP contribution in [-0.4, -0.2) is 33.8 Å². The summed E-state index contributed by atoms with van der Waals surface area (Å²) in [4.78, 5) is 44.6. The first-order valence-corrected chi connectivity index (χ1v) is 13.8. The van der Waals surface area contributed by atoms with Gasteiger partial charge in [0.05, 0.1) is 24.9 Å². The van der Waals surface area contributed by atoms with Crippen LogP contribution in [0.4, 0.5) is 15.8 Å². The van der Waals surface area contributed by atoms with Crippen LogP contribution < -0.4 is 10.6 Å². The van der Waals surface area contributed by atoms with Gasteiger partial charge in [-0.1, -0.05) is 60.3 Å². The Kier molecular flexibility index (Phi) is 8.59. The van der Waals surface area contributed by atoms with Crippen LogP contribution in [0.15, 0.2) is 107 Å². The van der Waals surface area contributed by atoms with E-state index < -0.39 is 17.1 Å². The van der Waals surface area contributed by atoms with Gasteiger partial charge in [-0.2, -0.15) is 0 Å². The van der Waals surface area contributed by atoms with Crippen molar-refractivity contribution in [2.24, 2.45) is 4.99 Å². The summed E-state index contributed by atoms with van der Waals surface area (Å²) in [7, 11) is 0. The minimum atomic E-state index is -0.741. The highest BCUT2D eigenvalue weighted by Gasteiger charge is 2.39. The molecule has 1 fully saturated rings. The summed E-state index contributed by atoms with van der Waals surface area (Å²) in [5, 5.41) is 5.36. The molecule has 1 saturated heterocycles. The molecule has 2 heterocycles. The van der Waals surface area contributed by atoms with Crippen molar-refractivity contribution >= 4 is 46.0 Å². The van der Waals surface area contributed by atoms with Crippen molar-refractivity contribution in [1.82, 2.24) is 10.2 Å². The SMILES string of the molecule is C[C@@H](NC(=O)Cc1ccccc1)C(=O)Nc1ccc(C2SC(=Nc3cccc(F)c3)N(Cc3ccco3)C2=O)cc1. The molecule has 4 aromatic rings. The van der Waals surface area contributed by atoms with E-state index in [9.17, 15) is 18.8 Å². The van der Waals surface area contributed by atoms with Crippen molar-refractivity contribution < 1.29 is 23.2 Å². The van der Waals surface area contributed by atoms with E-state index in [-0.39, 0.29) is 30.7 Å². The van der Waals surface area contributed by atoms with Gasteiger partial charge in [-0.3, -0.25) is 19.3 Å². The first-order chi connectivity index (χ1) is 19.9. The molecule has 3 aromatic carbocycles. The van der Waals surface area contributed by atoms with Crippen LogP contribution in [0.5, 0.6) is 0 Å². The topological polar surface area (TPSA) is 104 Å². The largest absolute Gasteiger partial charge is 0.467 e. The lowest BCUT2D eigenvalue weighted by Gasteiger charge is -2.16. The summed E-state index contributed by atoms with van der Waals surface area (Å²) in [5.41, 5.74) is 2.50. The van der Waals surface area contributed by atoms with E-state index in [0.29, 0.717) is 22.3 Å². The van der Waals surface area contributed by atoms with Crippen LogP contribution in [0.3, 0.4) is 0 Å². The summed E-state index contributed by atoms with van der Waals surface area (Å²) >= 11 is 1.26. The van der Waals surface area contributed by atoms with Crippen molar-refractivity contribution in [3.8, 4) is 0 Å². The molecule has 0 aliphatic carbocycles. The number of amidine groups is 1. The average Bonchev–Trinajstić information content (AvgIpc) is 3.58. The molecular weight excluding hydrogens is 543 g/mol. The lowest BCUT2D eigenvalue weighted by molar-refractivity contribution is -0.126. The van der Waals surface area contributed by atoms with Crippen molar-refractivity contribution in [2.75, 3.05) is 5.32 Å². The molecule has 208 valence electrons. The second-order valence-corrected chi connectivity index (χ2v) is 10.5. The number of furan rings is 1. The molecule has 10 heteroatoms. The highest BCUT2D eigenvalue weighted by molar-refractivity contribution is 8.15. The summed E-state index contributed by atoms with van der Waals surface area (Å²) in [5.74, 6) is -0.624. The Bertz CT molecular complexity index is 1560. The monoisotopic (exact) mass is 570 g/mol. The molecule has 1 unspecified atom stereocenters. The molecule has 1 aromatic heterocycles. The van der Waals surface area contributed by atoms with Gasteiger partial charge in [-0.15, -0.1) is 0 Å². The van der Waals surface area contributed by atoms with Crippen LogP contribution in [0.1, 0.15) is 29.1 Å². The first-order valence-electron chi connectivity index (χ1n) is 12.9. The molecule has 8 nitrogen and oxygen atoms in total. The number of hydrogen-bond acceptors (Lipinski definition) is 6. The van der Waals surface area contributed by atoms with E-state index in [1.54, 1.807) is 55.5 Å². The van der Waals surface area contributed by atoms with Gasteiger partial charge in [0.25, 0.3) is 0 Å². The van der Waals surface area contributed by atoms with Gasteiger partial charge >= 0.3 is 0 Å². The zero-order chi connectivity index (χ0) is 28.8. The Labute approximate surface area is 240 Å². The molecule has 5 rings (SSSR count). The van der Waals surface area contributed by atoms with Gasteiger partial charge in [0, 0.05) is 5.69 Å². The maximum atomic E-state index is 13.8. The van der Waals surface area contributed by atoms with Crippen molar-refractivity contribution in [3.63, 3.8) is 0 Å². The van der Waals surface area contributed by atoms with Crippen LogP contribution in [0, 0.1) is 5.82 Å². The molecular formula is C31H27FN4O4S. The fourth-order valence-corrected chi connectivity index (χ4v) is 5.42. The molecule has 41 heavy (non-hydrogen) atoms. The van der Waals surface area contributed by atoms with E-state index in [0.717, 1.165) is 11.1 Å². The molecule has 3 amide bonds. The Hall–Kier alpha value is -4.70. The van der Waals surface area contributed by atoms with Crippen LogP contribution in [-0.2, 0) is 27.3 Å². The van der Waals surface area contributed by atoms with Crippen molar-refractivity contribution in [1.29, 1.82) is 0 Å². The highest BCUT2D eigenvalue weighted by Crippen LogP contribution is 2.41. The van der Waals surface area contributed by atoms with Gasteiger partial charge in [0.2, 0.25) is 17.7 Å². The molecule has 2 atom stereocenters. The van der Waals surface area contributed by atoms with Gasteiger partial charge in [0.1, 0.15) is 22.9 Å². The quantitative estimate of drug-likeness (QED) is 0.272. The Balaban J connectivity index is 1.25. The number of rotatable bonds is 9. The normalized spacial score (nSPS) is 16.5. The van der Waals surface area contributed by atoms with Gasteiger partial charge < -0.3 is 15.1 Å². The smallest absolute Gasteiger partial charge is 0.247 e. The third kappa shape index (κ3) is 7.09. The van der Waals surface area contributed by atoms with E-state index in [1.807, 2.05) is 30.3 Å². The molecule has 0 spiro atoms. The minimum absolute atomic E-state index is 0.182. The molecule has 0 bridgehead atoms. The first kappa shape index (κ1) is 27.9. The number of amides is 3. The number of aliphatic imine (C=N–C) groups is 1. The van der Waals surface area contributed by atoms with E-state index in [1.165, 1.54) is 35.1 Å². The number of carbonyl (C=O) groups excluding carboxylic acids is 3. The number of anilines is 1. The number of halogens is 1. The zero-order valence-electron chi connectivity index (χ0n) is 22.1. The van der Waals surface area contributed by atoms with Gasteiger partial charge in [-0.25, -0.2) is 9.38 Å². The molecule has 0 radical (unpaired) electrons. The van der Waals surface area contributed by atoms with Gasteiger partial charge in [0.15, 0.2) is 5.17 Å². The van der Waals surface area contributed by atoms with E-state index in [2.05, 4.69) is 15.6 Å². The fraction of sp³-hybridized carbons (Fsp3) is 0.161. The zero-order valence-corrected chi connectivity index (χ0v) is 22.9. The van der Waals surface area contributed by atoms with Crippen molar-refractivity contribution in [2.45, 2.75) is 31.2 Å². The van der Waals surface area contributed by atoms with E-state index in [4.69, 9.17) is 4.42 Å². The summed E-state index contributed by atoms with van der Waals surface area (Å²) < 4.78 is 19.2. The Morgan fingerprint density at radius 1 is 1.02 bits per heavy atom. The second-order valence-electron chi connectivity index (χ2n) is 9.44. The van der Waals surface area contributed by atoms with Crippen LogP contribution in [0.2, 0.25) is 0 Å². The predicted octanol–water partition coefficient (Wildman–Crippen LogP) is 5.61. The number of carbonyl (C=O) groups is 3. The average molecular weight is 571 g/mol. The maximum absolute atomic E-state index is 13.8. The summed E-state index contributed by atoms with van der Waals surface area (Å²) in [6.07, 6.45) is 1.72. The Morgan fingerprint density at radius 3 is 2.51 bits per heavy atom. The number of hydrogen-bond donors (Lipinski definition) is 2. The van der Waals surface area contributed by atoms with Gasteiger partial charge in [-0.05, 0) is 60.5 Å². The summed E-state index contributed by atoms with van der Waals surface area (Å²) in [6.45, 7) is 1.80. The predicted molar refractivity (Wildman–Crippen MR) is 156 cm³/mol. The second kappa shape index (κ2) is 12.6. The fourth-order valence-electron chi connectivity index (χ4n) is 4.24. The Morgan fingerprint density at radius 2 is 1.80 bits per heavy atom. The molecule has 2 N–H and O–H groups in total. The number of benzene rings is 3. The van der Waals surface area contributed by atoms with Crippen LogP contribution in [0.25, 0.3) is 0 Å². The van der Waals surface area contributed by atoms with Crippen LogP contribution >= 0.6 is 11.8 Å². The number of nitrogens with zero attached hydrogens (tertiary/aromatic N) is 2. The third-order valence-corrected chi connectivity index (χ3v) is 7.56. The number of thioether (sulfide) groups is 1. The maximum Gasteiger partial charge on any atom is 0.247 e. The lowest BCUT2D eigenvalue weighted by atomic mass is 10.1.